The Kier molecular flexibility index (Phi) is 7.16. The summed E-state index contributed by atoms with van der Waals surface area (Å²) in [5, 5.41) is 2.85. The Hall–Kier alpha value is -1.48. The molecule has 1 saturated heterocycles. The van der Waals surface area contributed by atoms with Crippen molar-refractivity contribution in [2.75, 3.05) is 40.3 Å². The summed E-state index contributed by atoms with van der Waals surface area (Å²) in [5.41, 5.74) is 0.456. The van der Waals surface area contributed by atoms with Gasteiger partial charge in [0, 0.05) is 25.2 Å². The van der Waals surface area contributed by atoms with Crippen molar-refractivity contribution >= 4 is 15.9 Å². The molecule has 0 aliphatic carbocycles. The average molecular weight is 384 g/mol. The van der Waals surface area contributed by atoms with Crippen LogP contribution in [0.3, 0.4) is 0 Å². The van der Waals surface area contributed by atoms with Crippen molar-refractivity contribution in [2.45, 2.75) is 37.4 Å². The Morgan fingerprint density at radius 3 is 2.31 bits per heavy atom. The molecule has 26 heavy (non-hydrogen) atoms. The minimum absolute atomic E-state index is 0.138. The van der Waals surface area contributed by atoms with Gasteiger partial charge in [0.1, 0.15) is 0 Å². The van der Waals surface area contributed by atoms with Crippen LogP contribution >= 0.6 is 0 Å². The van der Waals surface area contributed by atoms with Gasteiger partial charge in [-0.3, -0.25) is 4.79 Å². The molecule has 1 amide bonds. The first-order valence-corrected chi connectivity index (χ1v) is 10.3. The third kappa shape index (κ3) is 5.51. The SMILES string of the molecule is C[C@@H]1CN(S(=O)(=O)c2ccc(C(=O)NCCCN(C)C)cc2)C[C@@H](C)O1. The summed E-state index contributed by atoms with van der Waals surface area (Å²) >= 11 is 0. The molecule has 0 radical (unpaired) electrons. The number of carbonyl (C=O) groups excluding carboxylic acids is 1. The van der Waals surface area contributed by atoms with Crippen molar-refractivity contribution in [3.8, 4) is 0 Å². The quantitative estimate of drug-likeness (QED) is 0.715. The number of hydrogen-bond donors (Lipinski definition) is 1. The zero-order chi connectivity index (χ0) is 19.3. The number of hydrogen-bond acceptors (Lipinski definition) is 5. The molecule has 7 nitrogen and oxygen atoms in total. The van der Waals surface area contributed by atoms with Crippen LogP contribution in [0.1, 0.15) is 30.6 Å². The molecule has 1 aromatic rings. The Labute approximate surface area is 156 Å². The molecule has 0 spiro atoms. The Bertz CT molecular complexity index is 694. The first kappa shape index (κ1) is 20.8. The highest BCUT2D eigenvalue weighted by Gasteiger charge is 2.32. The molecule has 1 fully saturated rings. The van der Waals surface area contributed by atoms with Gasteiger partial charge in [-0.05, 0) is 65.2 Å². The van der Waals surface area contributed by atoms with Gasteiger partial charge in [0.2, 0.25) is 10.0 Å². The maximum atomic E-state index is 12.8. The van der Waals surface area contributed by atoms with Crippen molar-refractivity contribution < 1.29 is 17.9 Å². The van der Waals surface area contributed by atoms with Crippen LogP contribution in [0.15, 0.2) is 29.2 Å². The first-order chi connectivity index (χ1) is 12.2. The summed E-state index contributed by atoms with van der Waals surface area (Å²) in [4.78, 5) is 14.4. The minimum Gasteiger partial charge on any atom is -0.373 e. The van der Waals surface area contributed by atoms with E-state index in [0.717, 1.165) is 13.0 Å². The van der Waals surface area contributed by atoms with E-state index in [1.165, 1.54) is 16.4 Å². The molecule has 0 bridgehead atoms. The minimum atomic E-state index is -3.58. The zero-order valence-electron chi connectivity index (χ0n) is 15.9. The fraction of sp³-hybridized carbons (Fsp3) is 0.611. The molecule has 1 aromatic carbocycles. The predicted octanol–water partition coefficient (Wildman–Crippen LogP) is 1.17. The van der Waals surface area contributed by atoms with E-state index in [2.05, 4.69) is 10.2 Å². The molecule has 1 N–H and O–H groups in total. The van der Waals surface area contributed by atoms with E-state index in [-0.39, 0.29) is 23.0 Å². The molecule has 1 aliphatic rings. The van der Waals surface area contributed by atoms with Gasteiger partial charge in [-0.15, -0.1) is 0 Å². The Morgan fingerprint density at radius 2 is 1.77 bits per heavy atom. The summed E-state index contributed by atoms with van der Waals surface area (Å²) in [6.45, 7) is 5.87. The number of rotatable bonds is 7. The maximum Gasteiger partial charge on any atom is 0.251 e. The zero-order valence-corrected chi connectivity index (χ0v) is 16.8. The van der Waals surface area contributed by atoms with Crippen LogP contribution in [0.2, 0.25) is 0 Å². The van der Waals surface area contributed by atoms with E-state index < -0.39 is 10.0 Å². The number of sulfonamides is 1. The summed E-state index contributed by atoms with van der Waals surface area (Å²) in [6.07, 6.45) is 0.583. The molecular weight excluding hydrogens is 354 g/mol. The lowest BCUT2D eigenvalue weighted by Gasteiger charge is -2.34. The van der Waals surface area contributed by atoms with E-state index in [1.54, 1.807) is 12.1 Å². The van der Waals surface area contributed by atoms with E-state index in [1.807, 2.05) is 27.9 Å². The fourth-order valence-electron chi connectivity index (χ4n) is 2.95. The van der Waals surface area contributed by atoms with Crippen LogP contribution in [-0.4, -0.2) is 76.0 Å². The number of amides is 1. The fourth-order valence-corrected chi connectivity index (χ4v) is 4.54. The summed E-state index contributed by atoms with van der Waals surface area (Å²) in [5.74, 6) is -0.193. The van der Waals surface area contributed by atoms with Crippen LogP contribution in [-0.2, 0) is 14.8 Å². The van der Waals surface area contributed by atoms with Crippen molar-refractivity contribution in [3.05, 3.63) is 29.8 Å². The highest BCUT2D eigenvalue weighted by atomic mass is 32.2. The molecule has 0 aromatic heterocycles. The molecule has 0 saturated carbocycles. The maximum absolute atomic E-state index is 12.8. The van der Waals surface area contributed by atoms with Gasteiger partial charge >= 0.3 is 0 Å². The Morgan fingerprint density at radius 1 is 1.19 bits per heavy atom. The number of benzene rings is 1. The monoisotopic (exact) mass is 383 g/mol. The van der Waals surface area contributed by atoms with Gasteiger partial charge in [0.25, 0.3) is 5.91 Å². The van der Waals surface area contributed by atoms with Crippen molar-refractivity contribution in [3.63, 3.8) is 0 Å². The molecule has 2 rings (SSSR count). The second kappa shape index (κ2) is 8.94. The Balaban J connectivity index is 2.00. The van der Waals surface area contributed by atoms with Crippen LogP contribution in [0.4, 0.5) is 0 Å². The lowest BCUT2D eigenvalue weighted by Crippen LogP contribution is -2.48. The molecular formula is C18H29N3O4S. The largest absolute Gasteiger partial charge is 0.373 e. The number of morpholine rings is 1. The van der Waals surface area contributed by atoms with Gasteiger partial charge in [-0.2, -0.15) is 4.31 Å². The highest BCUT2D eigenvalue weighted by Crippen LogP contribution is 2.21. The number of ether oxygens (including phenoxy) is 1. The van der Waals surface area contributed by atoms with Gasteiger partial charge in [-0.1, -0.05) is 0 Å². The molecule has 2 atom stereocenters. The summed E-state index contributed by atoms with van der Waals surface area (Å²) in [6, 6.07) is 6.10. The van der Waals surface area contributed by atoms with Gasteiger partial charge in [-0.25, -0.2) is 8.42 Å². The van der Waals surface area contributed by atoms with Crippen molar-refractivity contribution in [1.29, 1.82) is 0 Å². The van der Waals surface area contributed by atoms with Crippen LogP contribution in [0, 0.1) is 0 Å². The molecule has 1 aliphatic heterocycles. The van der Waals surface area contributed by atoms with Gasteiger partial charge in [0.15, 0.2) is 0 Å². The second-order valence-corrected chi connectivity index (χ2v) is 8.95. The van der Waals surface area contributed by atoms with Crippen LogP contribution in [0.5, 0.6) is 0 Å². The molecule has 146 valence electrons. The lowest BCUT2D eigenvalue weighted by molar-refractivity contribution is -0.0440. The number of nitrogens with one attached hydrogen (secondary N) is 1. The lowest BCUT2D eigenvalue weighted by atomic mass is 10.2. The third-order valence-corrected chi connectivity index (χ3v) is 6.05. The summed E-state index contributed by atoms with van der Waals surface area (Å²) < 4.78 is 32.6. The third-order valence-electron chi connectivity index (χ3n) is 4.21. The standard InChI is InChI=1S/C18H29N3O4S/c1-14-12-21(13-15(2)25-14)26(23,24)17-8-6-16(7-9-17)18(22)19-10-5-11-20(3)4/h6-9,14-15H,5,10-13H2,1-4H3,(H,19,22)/t14-,15-/m1/s1. The van der Waals surface area contributed by atoms with E-state index in [4.69, 9.17) is 4.74 Å². The molecule has 0 unspecified atom stereocenters. The van der Waals surface area contributed by atoms with Gasteiger partial charge < -0.3 is 15.0 Å². The highest BCUT2D eigenvalue weighted by molar-refractivity contribution is 7.89. The first-order valence-electron chi connectivity index (χ1n) is 8.88. The molecule has 8 heteroatoms. The van der Waals surface area contributed by atoms with E-state index in [9.17, 15) is 13.2 Å². The molecule has 1 heterocycles. The average Bonchev–Trinajstić information content (AvgIpc) is 2.57. The predicted molar refractivity (Wildman–Crippen MR) is 101 cm³/mol. The summed E-state index contributed by atoms with van der Waals surface area (Å²) in [7, 11) is 0.382. The number of carbonyl (C=O) groups is 1. The topological polar surface area (TPSA) is 79.0 Å². The second-order valence-electron chi connectivity index (χ2n) is 7.02. The smallest absolute Gasteiger partial charge is 0.251 e. The van der Waals surface area contributed by atoms with Crippen molar-refractivity contribution in [1.82, 2.24) is 14.5 Å². The van der Waals surface area contributed by atoms with Crippen LogP contribution < -0.4 is 5.32 Å². The number of nitrogens with zero attached hydrogens (tertiary/aromatic N) is 2. The van der Waals surface area contributed by atoms with E-state index >= 15 is 0 Å². The van der Waals surface area contributed by atoms with Crippen LogP contribution in [0.25, 0.3) is 0 Å². The van der Waals surface area contributed by atoms with Gasteiger partial charge in [0.05, 0.1) is 17.1 Å². The van der Waals surface area contributed by atoms with Crippen molar-refractivity contribution in [2.24, 2.45) is 0 Å². The normalized spacial score (nSPS) is 21.7. The van der Waals surface area contributed by atoms with E-state index in [0.29, 0.717) is 25.2 Å².